The Kier molecular flexibility index (Phi) is 2.78. The van der Waals surface area contributed by atoms with Gasteiger partial charge in [-0.1, -0.05) is 24.3 Å². The summed E-state index contributed by atoms with van der Waals surface area (Å²) in [7, 11) is 0. The summed E-state index contributed by atoms with van der Waals surface area (Å²) in [6, 6.07) is 5.71. The van der Waals surface area contributed by atoms with Crippen molar-refractivity contribution in [1.29, 1.82) is 0 Å². The van der Waals surface area contributed by atoms with E-state index in [-0.39, 0.29) is 6.10 Å². The molecule has 0 radical (unpaired) electrons. The van der Waals surface area contributed by atoms with E-state index in [0.29, 0.717) is 12.4 Å². The van der Waals surface area contributed by atoms with Gasteiger partial charge >= 0.3 is 0 Å². The molecule has 1 unspecified atom stereocenters. The predicted molar refractivity (Wildman–Crippen MR) is 59.9 cm³/mol. The first-order chi connectivity index (χ1) is 7.16. The van der Waals surface area contributed by atoms with E-state index in [1.165, 1.54) is 5.57 Å². The highest BCUT2D eigenvalue weighted by atomic mass is 16.5. The molecule has 2 rings (SSSR count). The van der Waals surface area contributed by atoms with Crippen LogP contribution in [0.15, 0.2) is 30.4 Å². The zero-order chi connectivity index (χ0) is 10.8. The van der Waals surface area contributed by atoms with Crippen molar-refractivity contribution in [2.75, 3.05) is 6.61 Å². The minimum atomic E-state index is -0.0214. The van der Waals surface area contributed by atoms with Crippen LogP contribution in [0.3, 0.4) is 0 Å². The fourth-order valence-electron chi connectivity index (χ4n) is 1.89. The molecule has 0 amide bonds. The van der Waals surface area contributed by atoms with Crippen LogP contribution < -0.4 is 0 Å². The number of rotatable bonds is 1. The van der Waals surface area contributed by atoms with Crippen molar-refractivity contribution in [3.05, 3.63) is 41.5 Å². The molecule has 80 valence electrons. The van der Waals surface area contributed by atoms with Crippen LogP contribution >= 0.6 is 0 Å². The Labute approximate surface area is 90.2 Å². The van der Waals surface area contributed by atoms with Gasteiger partial charge in [0.05, 0.1) is 12.7 Å². The van der Waals surface area contributed by atoms with Crippen LogP contribution in [0, 0.1) is 6.92 Å². The zero-order valence-corrected chi connectivity index (χ0v) is 8.99. The second-order valence-electron chi connectivity index (χ2n) is 4.13. The summed E-state index contributed by atoms with van der Waals surface area (Å²) in [5, 5.41) is 9.82. The molecule has 0 saturated carbocycles. The highest BCUT2D eigenvalue weighted by Crippen LogP contribution is 2.35. The number of hydrogen-bond acceptors (Lipinski definition) is 2. The van der Waals surface area contributed by atoms with Gasteiger partial charge in [-0.2, -0.15) is 0 Å². The Morgan fingerprint density at radius 1 is 1.47 bits per heavy atom. The maximum atomic E-state index is 9.82. The molecule has 1 aromatic carbocycles. The third-order valence-electron chi connectivity index (χ3n) is 2.78. The van der Waals surface area contributed by atoms with Crippen LogP contribution in [0.2, 0.25) is 0 Å². The van der Waals surface area contributed by atoms with Gasteiger partial charge in [-0.25, -0.2) is 0 Å². The van der Waals surface area contributed by atoms with Crippen LogP contribution in [-0.2, 0) is 4.74 Å². The minimum absolute atomic E-state index is 0.0214. The summed E-state index contributed by atoms with van der Waals surface area (Å²) < 4.78 is 5.63. The Bertz CT molecular complexity index is 382. The monoisotopic (exact) mass is 204 g/mol. The maximum absolute atomic E-state index is 9.82. The standard InChI is InChI=1S/C13H16O2/c1-9-3-4-11(12(14)7-9)13-8-10(2)5-6-15-13/h3-4,7,13-14H,2,5-6,8H2,1H3. The van der Waals surface area contributed by atoms with Gasteiger partial charge in [-0.05, 0) is 31.4 Å². The number of phenolic OH excluding ortho intramolecular Hbond substituents is 1. The van der Waals surface area contributed by atoms with Crippen molar-refractivity contribution in [1.82, 2.24) is 0 Å². The van der Waals surface area contributed by atoms with Crippen molar-refractivity contribution >= 4 is 0 Å². The van der Waals surface area contributed by atoms with Crippen molar-refractivity contribution in [3.8, 4) is 5.75 Å². The lowest BCUT2D eigenvalue weighted by Crippen LogP contribution is -2.13. The minimum Gasteiger partial charge on any atom is -0.508 e. The molecule has 1 heterocycles. The lowest BCUT2D eigenvalue weighted by atomic mass is 9.97. The highest BCUT2D eigenvalue weighted by molar-refractivity contribution is 5.38. The average molecular weight is 204 g/mol. The summed E-state index contributed by atoms with van der Waals surface area (Å²) in [6.45, 7) is 6.64. The van der Waals surface area contributed by atoms with Crippen LogP contribution in [0.25, 0.3) is 0 Å². The maximum Gasteiger partial charge on any atom is 0.121 e. The fourth-order valence-corrected chi connectivity index (χ4v) is 1.89. The SMILES string of the molecule is C=C1CCOC(c2ccc(C)cc2O)C1. The van der Waals surface area contributed by atoms with E-state index in [2.05, 4.69) is 6.58 Å². The first-order valence-corrected chi connectivity index (χ1v) is 5.24. The quantitative estimate of drug-likeness (QED) is 0.712. The van der Waals surface area contributed by atoms with Crippen LogP contribution in [0.4, 0.5) is 0 Å². The molecule has 1 atom stereocenters. The first kappa shape index (κ1) is 10.2. The topological polar surface area (TPSA) is 29.5 Å². The summed E-state index contributed by atoms with van der Waals surface area (Å²) >= 11 is 0. The van der Waals surface area contributed by atoms with E-state index in [4.69, 9.17) is 4.74 Å². The highest BCUT2D eigenvalue weighted by Gasteiger charge is 2.20. The molecule has 0 bridgehead atoms. The molecular weight excluding hydrogens is 188 g/mol. The number of aromatic hydroxyl groups is 1. The lowest BCUT2D eigenvalue weighted by molar-refractivity contribution is 0.0338. The van der Waals surface area contributed by atoms with Crippen LogP contribution in [0.1, 0.15) is 30.1 Å². The van der Waals surface area contributed by atoms with Gasteiger partial charge in [0, 0.05) is 5.56 Å². The van der Waals surface area contributed by atoms with Crippen molar-refractivity contribution in [3.63, 3.8) is 0 Å². The van der Waals surface area contributed by atoms with Gasteiger partial charge < -0.3 is 9.84 Å². The lowest BCUT2D eigenvalue weighted by Gasteiger charge is -2.25. The molecule has 0 aromatic heterocycles. The van der Waals surface area contributed by atoms with Crippen LogP contribution in [0.5, 0.6) is 5.75 Å². The van der Waals surface area contributed by atoms with Gasteiger partial charge in [0.25, 0.3) is 0 Å². The van der Waals surface area contributed by atoms with E-state index in [0.717, 1.165) is 24.0 Å². The van der Waals surface area contributed by atoms with Gasteiger partial charge in [-0.3, -0.25) is 0 Å². The van der Waals surface area contributed by atoms with E-state index in [1.807, 2.05) is 19.1 Å². The Morgan fingerprint density at radius 3 is 2.93 bits per heavy atom. The summed E-state index contributed by atoms with van der Waals surface area (Å²) in [5.74, 6) is 0.328. The smallest absolute Gasteiger partial charge is 0.121 e. The molecule has 15 heavy (non-hydrogen) atoms. The number of benzene rings is 1. The molecule has 1 fully saturated rings. The molecule has 2 nitrogen and oxygen atoms in total. The molecule has 1 aliphatic rings. The van der Waals surface area contributed by atoms with Gasteiger partial charge in [0.2, 0.25) is 0 Å². The van der Waals surface area contributed by atoms with Crippen molar-refractivity contribution in [2.24, 2.45) is 0 Å². The molecular formula is C13H16O2. The molecule has 2 heteroatoms. The molecule has 1 N–H and O–H groups in total. The number of phenols is 1. The van der Waals surface area contributed by atoms with Gasteiger partial charge in [0.1, 0.15) is 5.75 Å². The van der Waals surface area contributed by atoms with Gasteiger partial charge in [-0.15, -0.1) is 0 Å². The molecule has 1 aliphatic heterocycles. The summed E-state index contributed by atoms with van der Waals surface area (Å²) in [4.78, 5) is 0. The predicted octanol–water partition coefficient (Wildman–Crippen LogP) is 3.11. The summed E-state index contributed by atoms with van der Waals surface area (Å²) in [6.07, 6.45) is 1.73. The fraction of sp³-hybridized carbons (Fsp3) is 0.385. The van der Waals surface area contributed by atoms with E-state index in [1.54, 1.807) is 6.07 Å². The first-order valence-electron chi connectivity index (χ1n) is 5.24. The number of ether oxygens (including phenoxy) is 1. The average Bonchev–Trinajstić information content (AvgIpc) is 2.17. The van der Waals surface area contributed by atoms with E-state index in [9.17, 15) is 5.11 Å². The molecule has 0 aliphatic carbocycles. The Balaban J connectivity index is 2.24. The number of hydrogen-bond donors (Lipinski definition) is 1. The summed E-state index contributed by atoms with van der Waals surface area (Å²) in [5.41, 5.74) is 3.14. The van der Waals surface area contributed by atoms with E-state index >= 15 is 0 Å². The largest absolute Gasteiger partial charge is 0.508 e. The van der Waals surface area contributed by atoms with Crippen molar-refractivity contribution in [2.45, 2.75) is 25.9 Å². The second kappa shape index (κ2) is 4.07. The zero-order valence-electron chi connectivity index (χ0n) is 8.99. The van der Waals surface area contributed by atoms with Crippen molar-refractivity contribution < 1.29 is 9.84 Å². The molecule has 1 aromatic rings. The number of aryl methyl sites for hydroxylation is 1. The van der Waals surface area contributed by atoms with Gasteiger partial charge in [0.15, 0.2) is 0 Å². The molecule has 0 spiro atoms. The van der Waals surface area contributed by atoms with Crippen LogP contribution in [-0.4, -0.2) is 11.7 Å². The normalized spacial score (nSPS) is 21.7. The van der Waals surface area contributed by atoms with E-state index < -0.39 is 0 Å². The second-order valence-corrected chi connectivity index (χ2v) is 4.13. The third kappa shape index (κ3) is 2.21. The third-order valence-corrected chi connectivity index (χ3v) is 2.78. The Hall–Kier alpha value is -1.28. The molecule has 1 saturated heterocycles. The Morgan fingerprint density at radius 2 is 2.27 bits per heavy atom.